The number of carbonyl (C=O) groups excluding carboxylic acids is 1. The van der Waals surface area contributed by atoms with Crippen molar-refractivity contribution in [2.24, 2.45) is 29.1 Å². The van der Waals surface area contributed by atoms with E-state index in [1.54, 1.807) is 6.20 Å². The van der Waals surface area contributed by atoms with Crippen molar-refractivity contribution in [3.8, 4) is 0 Å². The predicted molar refractivity (Wildman–Crippen MR) is 133 cm³/mol. The lowest BCUT2D eigenvalue weighted by Crippen LogP contribution is -2.48. The first kappa shape index (κ1) is 25.2. The average Bonchev–Trinajstić information content (AvgIpc) is 2.75. The Labute approximate surface area is 200 Å². The highest BCUT2D eigenvalue weighted by molar-refractivity contribution is 9.10. The molecule has 0 radical (unpaired) electrons. The third-order valence-electron chi connectivity index (χ3n) is 8.52. The first-order valence-corrected chi connectivity index (χ1v) is 12.8. The van der Waals surface area contributed by atoms with Crippen LogP contribution in [0.5, 0.6) is 0 Å². The number of anilines is 1. The van der Waals surface area contributed by atoms with Gasteiger partial charge in [-0.2, -0.15) is 5.10 Å². The molecule has 1 amide bonds. The molecule has 3 rings (SSSR count). The molecule has 2 aliphatic rings. The Morgan fingerprint density at radius 2 is 1.91 bits per heavy atom. The number of carbonyl (C=O) groups is 1. The molecule has 32 heavy (non-hydrogen) atoms. The molecule has 0 unspecified atom stereocenters. The number of rotatable bonds is 6. The van der Waals surface area contributed by atoms with Crippen LogP contribution < -0.4 is 16.2 Å². The molecule has 0 bridgehead atoms. The molecule has 0 aromatic carbocycles. The SMILES string of the molecule is C[C@@H]1[C@@H](C)C(C)(C)[C@@H](C)C[C@H]1Nc1cnn(CC(=O)NCC2CCN(C)CC2)c(=O)c1Br. The maximum absolute atomic E-state index is 12.9. The molecular formula is C24H40BrN5O2. The minimum Gasteiger partial charge on any atom is -0.380 e. The van der Waals surface area contributed by atoms with Gasteiger partial charge in [-0.15, -0.1) is 0 Å². The normalized spacial score (nSPS) is 29.0. The minimum atomic E-state index is -0.283. The maximum atomic E-state index is 12.9. The molecule has 2 N–H and O–H groups in total. The van der Waals surface area contributed by atoms with Crippen LogP contribution in [0.1, 0.15) is 53.9 Å². The predicted octanol–water partition coefficient (Wildman–Crippen LogP) is 3.58. The molecule has 7 nitrogen and oxygen atoms in total. The van der Waals surface area contributed by atoms with Crippen LogP contribution in [0.4, 0.5) is 5.69 Å². The van der Waals surface area contributed by atoms with E-state index in [1.807, 2.05) is 0 Å². The van der Waals surface area contributed by atoms with Crippen molar-refractivity contribution in [2.75, 3.05) is 32.0 Å². The highest BCUT2D eigenvalue weighted by Gasteiger charge is 2.43. The van der Waals surface area contributed by atoms with Gasteiger partial charge in [0.1, 0.15) is 11.0 Å². The average molecular weight is 511 g/mol. The van der Waals surface area contributed by atoms with Gasteiger partial charge < -0.3 is 15.5 Å². The monoisotopic (exact) mass is 509 g/mol. The number of piperidine rings is 1. The van der Waals surface area contributed by atoms with Crippen LogP contribution in [-0.4, -0.2) is 53.3 Å². The number of halogens is 1. The van der Waals surface area contributed by atoms with E-state index >= 15 is 0 Å². The van der Waals surface area contributed by atoms with E-state index in [0.717, 1.165) is 32.4 Å². The van der Waals surface area contributed by atoms with Crippen molar-refractivity contribution >= 4 is 27.5 Å². The van der Waals surface area contributed by atoms with E-state index in [1.165, 1.54) is 4.68 Å². The lowest BCUT2D eigenvalue weighted by atomic mass is 9.58. The standard InChI is InChI=1S/C24H40BrN5O2/c1-15-11-19(16(2)17(3)24(15,4)5)28-20-13-27-30(23(32)22(20)25)14-21(31)26-12-18-7-9-29(6)10-8-18/h13,15-19,28H,7-12,14H2,1-6H3,(H,26,31)/t15-,16+,17+,19+/m0/s1. The second-order valence-electron chi connectivity index (χ2n) is 10.7. The summed E-state index contributed by atoms with van der Waals surface area (Å²) in [7, 11) is 2.13. The number of hydrogen-bond acceptors (Lipinski definition) is 5. The maximum Gasteiger partial charge on any atom is 0.283 e. The van der Waals surface area contributed by atoms with Gasteiger partial charge in [0.2, 0.25) is 5.91 Å². The summed E-state index contributed by atoms with van der Waals surface area (Å²) in [4.78, 5) is 27.6. The Hall–Kier alpha value is -1.41. The molecule has 2 heterocycles. The molecule has 1 aromatic rings. The minimum absolute atomic E-state index is 0.0631. The summed E-state index contributed by atoms with van der Waals surface area (Å²) in [6.07, 6.45) is 4.90. The van der Waals surface area contributed by atoms with Crippen molar-refractivity contribution in [3.05, 3.63) is 21.0 Å². The van der Waals surface area contributed by atoms with Crippen LogP contribution in [0.2, 0.25) is 0 Å². The molecule has 0 spiro atoms. The number of aromatic nitrogens is 2. The van der Waals surface area contributed by atoms with Crippen molar-refractivity contribution in [1.82, 2.24) is 20.0 Å². The molecule has 1 saturated carbocycles. The zero-order valence-electron chi connectivity index (χ0n) is 20.4. The largest absolute Gasteiger partial charge is 0.380 e. The number of hydrogen-bond donors (Lipinski definition) is 2. The third kappa shape index (κ3) is 5.56. The summed E-state index contributed by atoms with van der Waals surface area (Å²) in [6.45, 7) is 14.4. The van der Waals surface area contributed by atoms with Gasteiger partial charge in [0.25, 0.3) is 5.56 Å². The van der Waals surface area contributed by atoms with E-state index in [-0.39, 0.29) is 29.5 Å². The van der Waals surface area contributed by atoms with Gasteiger partial charge in [-0.25, -0.2) is 4.68 Å². The summed E-state index contributed by atoms with van der Waals surface area (Å²) >= 11 is 3.46. The third-order valence-corrected chi connectivity index (χ3v) is 9.29. The van der Waals surface area contributed by atoms with Crippen LogP contribution in [0.15, 0.2) is 15.5 Å². The van der Waals surface area contributed by atoms with E-state index in [4.69, 9.17) is 0 Å². The molecule has 1 aliphatic heterocycles. The molecule has 1 aliphatic carbocycles. The van der Waals surface area contributed by atoms with Gasteiger partial charge >= 0.3 is 0 Å². The number of likely N-dealkylation sites (tertiary alicyclic amines) is 1. The lowest BCUT2D eigenvalue weighted by molar-refractivity contribution is -0.122. The van der Waals surface area contributed by atoms with E-state index < -0.39 is 0 Å². The zero-order chi connectivity index (χ0) is 23.6. The Bertz CT molecular complexity index is 862. The van der Waals surface area contributed by atoms with Crippen LogP contribution >= 0.6 is 15.9 Å². The Morgan fingerprint density at radius 1 is 1.25 bits per heavy atom. The highest BCUT2D eigenvalue weighted by Crippen LogP contribution is 2.48. The van der Waals surface area contributed by atoms with Crippen LogP contribution in [0, 0.1) is 29.1 Å². The summed E-state index contributed by atoms with van der Waals surface area (Å²) < 4.78 is 1.67. The number of amides is 1. The first-order chi connectivity index (χ1) is 15.0. The number of nitrogens with zero attached hydrogens (tertiary/aromatic N) is 3. The highest BCUT2D eigenvalue weighted by atomic mass is 79.9. The molecule has 4 atom stereocenters. The van der Waals surface area contributed by atoms with Crippen LogP contribution in [-0.2, 0) is 11.3 Å². The van der Waals surface area contributed by atoms with Gasteiger partial charge in [0, 0.05) is 12.6 Å². The molecular weight excluding hydrogens is 470 g/mol. The first-order valence-electron chi connectivity index (χ1n) is 12.0. The van der Waals surface area contributed by atoms with Crippen molar-refractivity contribution in [1.29, 1.82) is 0 Å². The molecule has 1 saturated heterocycles. The summed E-state index contributed by atoms with van der Waals surface area (Å²) in [6, 6.07) is 0.277. The van der Waals surface area contributed by atoms with E-state index in [0.29, 0.717) is 40.4 Å². The molecule has 180 valence electrons. The van der Waals surface area contributed by atoms with Crippen LogP contribution in [0.3, 0.4) is 0 Å². The van der Waals surface area contributed by atoms with Crippen molar-refractivity contribution in [2.45, 2.75) is 66.5 Å². The lowest BCUT2D eigenvalue weighted by Gasteiger charge is -2.50. The quantitative estimate of drug-likeness (QED) is 0.612. The van der Waals surface area contributed by atoms with Gasteiger partial charge in [0.05, 0.1) is 11.9 Å². The Morgan fingerprint density at radius 3 is 2.56 bits per heavy atom. The van der Waals surface area contributed by atoms with Crippen LogP contribution in [0.25, 0.3) is 0 Å². The van der Waals surface area contributed by atoms with E-state index in [9.17, 15) is 9.59 Å². The summed E-state index contributed by atoms with van der Waals surface area (Å²) in [5.74, 6) is 1.94. The van der Waals surface area contributed by atoms with Gasteiger partial charge in [-0.1, -0.05) is 34.6 Å². The summed E-state index contributed by atoms with van der Waals surface area (Å²) in [5, 5.41) is 10.8. The zero-order valence-corrected chi connectivity index (χ0v) is 22.0. The fraction of sp³-hybridized carbons (Fsp3) is 0.792. The molecule has 1 aromatic heterocycles. The summed E-state index contributed by atoms with van der Waals surface area (Å²) in [5.41, 5.74) is 0.709. The van der Waals surface area contributed by atoms with Gasteiger partial charge in [-0.05, 0) is 84.4 Å². The van der Waals surface area contributed by atoms with Gasteiger partial charge in [0.15, 0.2) is 0 Å². The topological polar surface area (TPSA) is 79.3 Å². The second kappa shape index (κ2) is 10.2. The van der Waals surface area contributed by atoms with Gasteiger partial charge in [-0.3, -0.25) is 9.59 Å². The second-order valence-corrected chi connectivity index (χ2v) is 11.5. The van der Waals surface area contributed by atoms with Crippen molar-refractivity contribution in [3.63, 3.8) is 0 Å². The Kier molecular flexibility index (Phi) is 8.07. The fourth-order valence-corrected chi connectivity index (χ4v) is 5.58. The smallest absolute Gasteiger partial charge is 0.283 e. The fourth-order valence-electron chi connectivity index (χ4n) is 5.16. The van der Waals surface area contributed by atoms with Crippen molar-refractivity contribution < 1.29 is 4.79 Å². The molecule has 2 fully saturated rings. The Balaban J connectivity index is 1.60. The van der Waals surface area contributed by atoms with E-state index in [2.05, 4.69) is 78.2 Å². The molecule has 8 heteroatoms. The number of nitrogens with one attached hydrogen (secondary N) is 2.